The van der Waals surface area contributed by atoms with Gasteiger partial charge in [-0.1, -0.05) is 11.6 Å². The summed E-state index contributed by atoms with van der Waals surface area (Å²) in [5.74, 6) is -0.424. The van der Waals surface area contributed by atoms with Crippen molar-refractivity contribution in [2.75, 3.05) is 6.26 Å². The van der Waals surface area contributed by atoms with Gasteiger partial charge in [0.15, 0.2) is 15.6 Å². The SMILES string of the molecule is CS(=O)(=O)c1ccc(C(=O)CC#N)c(Cl)c1. The van der Waals surface area contributed by atoms with Gasteiger partial charge in [0.1, 0.15) is 0 Å². The Morgan fingerprint density at radius 3 is 2.56 bits per heavy atom. The fourth-order valence-corrected chi connectivity index (χ4v) is 2.12. The van der Waals surface area contributed by atoms with E-state index in [2.05, 4.69) is 0 Å². The van der Waals surface area contributed by atoms with Gasteiger partial charge in [-0.2, -0.15) is 5.26 Å². The van der Waals surface area contributed by atoms with Gasteiger partial charge in [-0.15, -0.1) is 0 Å². The zero-order valence-electron chi connectivity index (χ0n) is 8.40. The van der Waals surface area contributed by atoms with Crippen LogP contribution in [0.5, 0.6) is 0 Å². The van der Waals surface area contributed by atoms with Gasteiger partial charge in [0.25, 0.3) is 0 Å². The summed E-state index contributed by atoms with van der Waals surface area (Å²) in [6, 6.07) is 5.54. The number of carbonyl (C=O) groups is 1. The number of hydrogen-bond donors (Lipinski definition) is 0. The summed E-state index contributed by atoms with van der Waals surface area (Å²) >= 11 is 5.77. The fraction of sp³-hybridized carbons (Fsp3) is 0.200. The van der Waals surface area contributed by atoms with Crippen molar-refractivity contribution in [3.8, 4) is 6.07 Å². The summed E-state index contributed by atoms with van der Waals surface area (Å²) in [5, 5.41) is 8.41. The van der Waals surface area contributed by atoms with E-state index in [1.54, 1.807) is 6.07 Å². The van der Waals surface area contributed by atoms with E-state index in [4.69, 9.17) is 16.9 Å². The summed E-state index contributed by atoms with van der Waals surface area (Å²) in [4.78, 5) is 11.4. The van der Waals surface area contributed by atoms with Crippen LogP contribution in [0.2, 0.25) is 5.02 Å². The number of nitriles is 1. The minimum Gasteiger partial charge on any atom is -0.293 e. The number of benzene rings is 1. The van der Waals surface area contributed by atoms with Crippen molar-refractivity contribution in [2.45, 2.75) is 11.3 Å². The van der Waals surface area contributed by atoms with Crippen molar-refractivity contribution in [3.05, 3.63) is 28.8 Å². The van der Waals surface area contributed by atoms with Crippen LogP contribution in [0.25, 0.3) is 0 Å². The molecule has 0 atom stereocenters. The number of carbonyl (C=O) groups excluding carboxylic acids is 1. The normalized spacial score (nSPS) is 10.8. The lowest BCUT2D eigenvalue weighted by Gasteiger charge is -2.03. The monoisotopic (exact) mass is 257 g/mol. The molecule has 0 N–H and O–H groups in total. The van der Waals surface area contributed by atoms with Gasteiger partial charge in [0.05, 0.1) is 22.4 Å². The molecule has 84 valence electrons. The zero-order chi connectivity index (χ0) is 12.3. The molecule has 0 spiro atoms. The molecule has 1 aromatic rings. The molecule has 4 nitrogen and oxygen atoms in total. The first-order chi connectivity index (χ1) is 7.36. The van der Waals surface area contributed by atoms with Gasteiger partial charge >= 0.3 is 0 Å². The lowest BCUT2D eigenvalue weighted by atomic mass is 10.1. The summed E-state index contributed by atoms with van der Waals surface area (Å²) in [6.45, 7) is 0. The molecule has 0 heterocycles. The van der Waals surface area contributed by atoms with Crippen LogP contribution in [-0.4, -0.2) is 20.5 Å². The Balaban J connectivity index is 3.21. The first-order valence-corrected chi connectivity index (χ1v) is 6.53. The Kier molecular flexibility index (Phi) is 3.68. The van der Waals surface area contributed by atoms with Crippen LogP contribution >= 0.6 is 11.6 Å². The summed E-state index contributed by atoms with van der Waals surface area (Å²) in [6.07, 6.45) is 0.771. The van der Waals surface area contributed by atoms with Gasteiger partial charge in [0, 0.05) is 11.8 Å². The first-order valence-electron chi connectivity index (χ1n) is 4.26. The Bertz CT molecular complexity index is 572. The van der Waals surface area contributed by atoms with Gasteiger partial charge in [-0.05, 0) is 18.2 Å². The average molecular weight is 258 g/mol. The predicted octanol–water partition coefficient (Wildman–Crippen LogP) is 1.84. The molecule has 0 saturated heterocycles. The maximum absolute atomic E-state index is 11.4. The second kappa shape index (κ2) is 4.64. The Morgan fingerprint density at radius 2 is 2.12 bits per heavy atom. The Morgan fingerprint density at radius 1 is 1.50 bits per heavy atom. The maximum Gasteiger partial charge on any atom is 0.178 e. The minimum atomic E-state index is -3.34. The second-order valence-electron chi connectivity index (χ2n) is 3.17. The van der Waals surface area contributed by atoms with E-state index in [9.17, 15) is 13.2 Å². The molecule has 1 rings (SSSR count). The summed E-state index contributed by atoms with van der Waals surface area (Å²) in [7, 11) is -3.34. The van der Waals surface area contributed by atoms with Crippen LogP contribution in [0.4, 0.5) is 0 Å². The van der Waals surface area contributed by atoms with Crippen molar-refractivity contribution in [2.24, 2.45) is 0 Å². The number of hydrogen-bond acceptors (Lipinski definition) is 4. The van der Waals surface area contributed by atoms with Crippen molar-refractivity contribution >= 4 is 27.2 Å². The number of Topliss-reactive ketones (excluding diaryl/α,β-unsaturated/α-hetero) is 1. The molecule has 0 unspecified atom stereocenters. The minimum absolute atomic E-state index is 0.0446. The number of halogens is 1. The summed E-state index contributed by atoms with van der Waals surface area (Å²) < 4.78 is 22.4. The molecule has 0 aliphatic heterocycles. The van der Waals surface area contributed by atoms with Crippen LogP contribution in [0.1, 0.15) is 16.8 Å². The molecular formula is C10H8ClNO3S. The van der Waals surface area contributed by atoms with E-state index in [1.807, 2.05) is 0 Å². The van der Waals surface area contributed by atoms with Crippen molar-refractivity contribution in [3.63, 3.8) is 0 Å². The predicted molar refractivity (Wildman–Crippen MR) is 59.1 cm³/mol. The number of rotatable bonds is 3. The maximum atomic E-state index is 11.4. The molecule has 0 bridgehead atoms. The molecule has 0 saturated carbocycles. The molecule has 1 aromatic carbocycles. The first kappa shape index (κ1) is 12.7. The highest BCUT2D eigenvalue weighted by Gasteiger charge is 2.14. The standard InChI is InChI=1S/C10H8ClNO3S/c1-16(14,15)7-2-3-8(9(11)6-7)10(13)4-5-12/h2-3,6H,4H2,1H3. The summed E-state index contributed by atoms with van der Waals surface area (Å²) in [5.41, 5.74) is 0.163. The Hall–Kier alpha value is -1.38. The van der Waals surface area contributed by atoms with Gasteiger partial charge in [0.2, 0.25) is 0 Å². The number of sulfone groups is 1. The van der Waals surface area contributed by atoms with Gasteiger partial charge < -0.3 is 0 Å². The van der Waals surface area contributed by atoms with Crippen LogP contribution in [0.3, 0.4) is 0 Å². The molecule has 0 fully saturated rings. The zero-order valence-corrected chi connectivity index (χ0v) is 9.97. The van der Waals surface area contributed by atoms with Crippen LogP contribution < -0.4 is 0 Å². The van der Waals surface area contributed by atoms with Crippen molar-refractivity contribution in [1.29, 1.82) is 5.26 Å². The lowest BCUT2D eigenvalue weighted by molar-refractivity contribution is 0.0998. The molecule has 0 aromatic heterocycles. The van der Waals surface area contributed by atoms with Gasteiger partial charge in [-0.25, -0.2) is 8.42 Å². The quantitative estimate of drug-likeness (QED) is 0.775. The highest BCUT2D eigenvalue weighted by Crippen LogP contribution is 2.21. The van der Waals surface area contributed by atoms with Crippen LogP contribution in [0.15, 0.2) is 23.1 Å². The molecule has 0 aliphatic rings. The molecule has 0 radical (unpaired) electrons. The van der Waals surface area contributed by atoms with Gasteiger partial charge in [-0.3, -0.25) is 4.79 Å². The number of nitrogens with zero attached hydrogens (tertiary/aromatic N) is 1. The van der Waals surface area contributed by atoms with E-state index in [-0.39, 0.29) is 21.9 Å². The van der Waals surface area contributed by atoms with Crippen molar-refractivity contribution < 1.29 is 13.2 Å². The molecular weight excluding hydrogens is 250 g/mol. The topological polar surface area (TPSA) is 75.0 Å². The van der Waals surface area contributed by atoms with Crippen molar-refractivity contribution in [1.82, 2.24) is 0 Å². The van der Waals surface area contributed by atoms with E-state index in [0.29, 0.717) is 0 Å². The van der Waals surface area contributed by atoms with Crippen LogP contribution in [-0.2, 0) is 9.84 Å². The number of ketones is 1. The largest absolute Gasteiger partial charge is 0.293 e. The third kappa shape index (κ3) is 2.81. The average Bonchev–Trinajstić information content (AvgIpc) is 2.16. The smallest absolute Gasteiger partial charge is 0.178 e. The molecule has 6 heteroatoms. The lowest BCUT2D eigenvalue weighted by Crippen LogP contribution is -2.02. The van der Waals surface area contributed by atoms with E-state index in [1.165, 1.54) is 18.2 Å². The van der Waals surface area contributed by atoms with Crippen LogP contribution in [0, 0.1) is 11.3 Å². The second-order valence-corrected chi connectivity index (χ2v) is 5.59. The van der Waals surface area contributed by atoms with E-state index < -0.39 is 15.6 Å². The molecule has 16 heavy (non-hydrogen) atoms. The molecule has 0 aliphatic carbocycles. The fourth-order valence-electron chi connectivity index (χ4n) is 1.12. The third-order valence-electron chi connectivity index (χ3n) is 1.91. The highest BCUT2D eigenvalue weighted by molar-refractivity contribution is 7.90. The third-order valence-corrected chi connectivity index (χ3v) is 3.33. The Labute approximate surface area is 98.4 Å². The highest BCUT2D eigenvalue weighted by atomic mass is 35.5. The van der Waals surface area contributed by atoms with E-state index >= 15 is 0 Å². The molecule has 0 amide bonds. The van der Waals surface area contributed by atoms with E-state index in [0.717, 1.165) is 6.26 Å².